The maximum Gasteiger partial charge on any atom is 0.0624 e. The molecule has 1 aromatic rings. The standard InChI is InChI=1S/C9H12OS/c1-3-8(10-5-1)7-9-4-2-6-11-9/h2,4,6,8H,1,3,5,7H2. The van der Waals surface area contributed by atoms with Crippen LogP contribution in [0.15, 0.2) is 17.5 Å². The Bertz CT molecular complexity index is 199. The molecule has 1 saturated heterocycles. The van der Waals surface area contributed by atoms with Gasteiger partial charge in [0.25, 0.3) is 0 Å². The summed E-state index contributed by atoms with van der Waals surface area (Å²) in [6, 6.07) is 4.29. The predicted molar refractivity (Wildman–Crippen MR) is 47.0 cm³/mol. The highest BCUT2D eigenvalue weighted by Gasteiger charge is 2.15. The van der Waals surface area contributed by atoms with E-state index in [1.807, 2.05) is 11.3 Å². The number of hydrogen-bond donors (Lipinski definition) is 0. The summed E-state index contributed by atoms with van der Waals surface area (Å²) in [4.78, 5) is 1.46. The van der Waals surface area contributed by atoms with E-state index in [1.54, 1.807) is 0 Å². The lowest BCUT2D eigenvalue weighted by atomic mass is 10.1. The summed E-state index contributed by atoms with van der Waals surface area (Å²) >= 11 is 1.83. The molecule has 1 atom stereocenters. The average molecular weight is 168 g/mol. The van der Waals surface area contributed by atoms with Gasteiger partial charge in [-0.1, -0.05) is 6.07 Å². The van der Waals surface area contributed by atoms with Crippen molar-refractivity contribution in [1.29, 1.82) is 0 Å². The lowest BCUT2D eigenvalue weighted by Crippen LogP contribution is -2.07. The van der Waals surface area contributed by atoms with Gasteiger partial charge in [-0.25, -0.2) is 0 Å². The summed E-state index contributed by atoms with van der Waals surface area (Å²) in [5.74, 6) is 0. The van der Waals surface area contributed by atoms with Gasteiger partial charge < -0.3 is 4.74 Å². The fourth-order valence-electron chi connectivity index (χ4n) is 1.46. The fraction of sp³-hybridized carbons (Fsp3) is 0.556. The molecule has 1 aromatic heterocycles. The molecule has 0 saturated carbocycles. The van der Waals surface area contributed by atoms with Crippen molar-refractivity contribution in [3.05, 3.63) is 22.4 Å². The minimum Gasteiger partial charge on any atom is -0.378 e. The molecule has 2 heterocycles. The normalized spacial score (nSPS) is 24.2. The molecule has 2 rings (SSSR count). The van der Waals surface area contributed by atoms with Gasteiger partial charge in [0.15, 0.2) is 0 Å². The minimum atomic E-state index is 0.508. The molecule has 1 aliphatic rings. The first-order valence-electron chi connectivity index (χ1n) is 4.09. The Kier molecular flexibility index (Phi) is 2.24. The largest absolute Gasteiger partial charge is 0.378 e. The van der Waals surface area contributed by atoms with E-state index in [4.69, 9.17) is 4.74 Å². The molecule has 0 spiro atoms. The third-order valence-corrected chi connectivity index (χ3v) is 2.93. The first-order chi connectivity index (χ1) is 5.45. The second kappa shape index (κ2) is 3.37. The van der Waals surface area contributed by atoms with E-state index in [9.17, 15) is 0 Å². The number of thiophene rings is 1. The molecule has 0 N–H and O–H groups in total. The molecule has 0 amide bonds. The van der Waals surface area contributed by atoms with Crippen LogP contribution >= 0.6 is 11.3 Å². The lowest BCUT2D eigenvalue weighted by Gasteiger charge is -2.05. The van der Waals surface area contributed by atoms with Gasteiger partial charge in [-0.15, -0.1) is 11.3 Å². The molecule has 0 aromatic carbocycles. The van der Waals surface area contributed by atoms with E-state index in [0.29, 0.717) is 6.10 Å². The summed E-state index contributed by atoms with van der Waals surface area (Å²) in [6.45, 7) is 0.968. The Morgan fingerprint density at radius 3 is 3.27 bits per heavy atom. The van der Waals surface area contributed by atoms with Crippen molar-refractivity contribution in [3.63, 3.8) is 0 Å². The van der Waals surface area contributed by atoms with Gasteiger partial charge in [0, 0.05) is 17.9 Å². The molecular formula is C9H12OS. The molecule has 1 nitrogen and oxygen atoms in total. The third-order valence-electron chi connectivity index (χ3n) is 2.03. The summed E-state index contributed by atoms with van der Waals surface area (Å²) in [6.07, 6.45) is 4.12. The average Bonchev–Trinajstić information content (AvgIpc) is 2.60. The highest BCUT2D eigenvalue weighted by atomic mass is 32.1. The van der Waals surface area contributed by atoms with Gasteiger partial charge in [-0.05, 0) is 24.3 Å². The van der Waals surface area contributed by atoms with Crippen LogP contribution in [0.3, 0.4) is 0 Å². The zero-order chi connectivity index (χ0) is 7.52. The van der Waals surface area contributed by atoms with E-state index < -0.39 is 0 Å². The van der Waals surface area contributed by atoms with Crippen LogP contribution in [0.5, 0.6) is 0 Å². The predicted octanol–water partition coefficient (Wildman–Crippen LogP) is 2.47. The molecule has 1 aliphatic heterocycles. The summed E-state index contributed by atoms with van der Waals surface area (Å²) < 4.78 is 5.53. The van der Waals surface area contributed by atoms with Gasteiger partial charge in [0.05, 0.1) is 6.10 Å². The Morgan fingerprint density at radius 2 is 2.64 bits per heavy atom. The molecule has 0 aliphatic carbocycles. The Hall–Kier alpha value is -0.340. The molecule has 11 heavy (non-hydrogen) atoms. The van der Waals surface area contributed by atoms with Crippen molar-refractivity contribution >= 4 is 11.3 Å². The summed E-state index contributed by atoms with van der Waals surface area (Å²) in [5.41, 5.74) is 0. The highest BCUT2D eigenvalue weighted by Crippen LogP contribution is 2.19. The van der Waals surface area contributed by atoms with Crippen molar-refractivity contribution in [1.82, 2.24) is 0 Å². The second-order valence-corrected chi connectivity index (χ2v) is 3.95. The maximum absolute atomic E-state index is 5.53. The lowest BCUT2D eigenvalue weighted by molar-refractivity contribution is 0.112. The smallest absolute Gasteiger partial charge is 0.0624 e. The number of rotatable bonds is 2. The van der Waals surface area contributed by atoms with Crippen molar-refractivity contribution in [2.45, 2.75) is 25.4 Å². The Labute approximate surface area is 71.0 Å². The van der Waals surface area contributed by atoms with Gasteiger partial charge in [-0.3, -0.25) is 0 Å². The third kappa shape index (κ3) is 1.82. The SMILES string of the molecule is c1csc(CC2CCCO2)c1. The number of hydrogen-bond acceptors (Lipinski definition) is 2. The van der Waals surface area contributed by atoms with Crippen LogP contribution in [-0.2, 0) is 11.2 Å². The van der Waals surface area contributed by atoms with E-state index in [0.717, 1.165) is 13.0 Å². The molecule has 0 radical (unpaired) electrons. The topological polar surface area (TPSA) is 9.23 Å². The molecule has 2 heteroatoms. The zero-order valence-electron chi connectivity index (χ0n) is 6.45. The molecule has 1 unspecified atom stereocenters. The van der Waals surface area contributed by atoms with Crippen LogP contribution in [0, 0.1) is 0 Å². The van der Waals surface area contributed by atoms with Gasteiger partial charge >= 0.3 is 0 Å². The van der Waals surface area contributed by atoms with Crippen molar-refractivity contribution < 1.29 is 4.74 Å². The first-order valence-corrected chi connectivity index (χ1v) is 4.97. The quantitative estimate of drug-likeness (QED) is 0.659. The maximum atomic E-state index is 5.53. The highest BCUT2D eigenvalue weighted by molar-refractivity contribution is 7.09. The van der Waals surface area contributed by atoms with E-state index in [1.165, 1.54) is 17.7 Å². The monoisotopic (exact) mass is 168 g/mol. The summed E-state index contributed by atoms with van der Waals surface area (Å²) in [7, 11) is 0. The molecule has 1 fully saturated rings. The minimum absolute atomic E-state index is 0.508. The number of ether oxygens (including phenoxy) is 1. The van der Waals surface area contributed by atoms with Crippen LogP contribution in [0.2, 0.25) is 0 Å². The first kappa shape index (κ1) is 7.32. The van der Waals surface area contributed by atoms with Crippen molar-refractivity contribution in [2.24, 2.45) is 0 Å². The summed E-state index contributed by atoms with van der Waals surface area (Å²) in [5, 5.41) is 2.13. The second-order valence-electron chi connectivity index (χ2n) is 2.92. The van der Waals surface area contributed by atoms with Gasteiger partial charge in [-0.2, -0.15) is 0 Å². The Morgan fingerprint density at radius 1 is 1.64 bits per heavy atom. The van der Waals surface area contributed by atoms with E-state index in [2.05, 4.69) is 17.5 Å². The van der Waals surface area contributed by atoms with Crippen LogP contribution < -0.4 is 0 Å². The fourth-order valence-corrected chi connectivity index (χ4v) is 2.23. The van der Waals surface area contributed by atoms with Crippen LogP contribution in [0.25, 0.3) is 0 Å². The van der Waals surface area contributed by atoms with Gasteiger partial charge in [0.1, 0.15) is 0 Å². The van der Waals surface area contributed by atoms with Crippen molar-refractivity contribution in [3.8, 4) is 0 Å². The zero-order valence-corrected chi connectivity index (χ0v) is 7.27. The molecule has 60 valence electrons. The van der Waals surface area contributed by atoms with Crippen molar-refractivity contribution in [2.75, 3.05) is 6.61 Å². The van der Waals surface area contributed by atoms with Crippen LogP contribution in [-0.4, -0.2) is 12.7 Å². The van der Waals surface area contributed by atoms with Gasteiger partial charge in [0.2, 0.25) is 0 Å². The van der Waals surface area contributed by atoms with E-state index in [-0.39, 0.29) is 0 Å². The Balaban J connectivity index is 1.90. The van der Waals surface area contributed by atoms with E-state index >= 15 is 0 Å². The molecule has 0 bridgehead atoms. The molecular weight excluding hydrogens is 156 g/mol. The van der Waals surface area contributed by atoms with Crippen LogP contribution in [0.4, 0.5) is 0 Å². The van der Waals surface area contributed by atoms with Crippen LogP contribution in [0.1, 0.15) is 17.7 Å².